The van der Waals surface area contributed by atoms with Crippen molar-refractivity contribution in [1.82, 2.24) is 9.78 Å². The van der Waals surface area contributed by atoms with Crippen LogP contribution in [0.4, 0.5) is 5.69 Å². The van der Waals surface area contributed by atoms with Crippen LogP contribution in [0.2, 0.25) is 0 Å². The number of nitro benzene ring substituents is 1. The highest BCUT2D eigenvalue weighted by Crippen LogP contribution is 2.23. The van der Waals surface area contributed by atoms with Gasteiger partial charge in [0, 0.05) is 23.7 Å². The maximum absolute atomic E-state index is 11.2. The van der Waals surface area contributed by atoms with Crippen LogP contribution in [0.25, 0.3) is 11.3 Å². The van der Waals surface area contributed by atoms with Crippen LogP contribution in [0, 0.1) is 10.1 Å². The molecule has 1 N–H and O–H groups in total. The first kappa shape index (κ1) is 13.7. The lowest BCUT2D eigenvalue weighted by Gasteiger charge is -2.07. The molecule has 1 heterocycles. The van der Waals surface area contributed by atoms with E-state index in [1.165, 1.54) is 22.9 Å². The normalized spacial score (nSPS) is 10.8. The van der Waals surface area contributed by atoms with Crippen LogP contribution in [-0.2, 0) is 0 Å². The van der Waals surface area contributed by atoms with E-state index in [9.17, 15) is 14.9 Å². The lowest BCUT2D eigenvalue weighted by molar-refractivity contribution is -0.384. The third-order valence-electron chi connectivity index (χ3n) is 2.82. The van der Waals surface area contributed by atoms with Crippen LogP contribution >= 0.6 is 0 Å². The van der Waals surface area contributed by atoms with Crippen molar-refractivity contribution >= 4 is 11.7 Å². The Balaban J connectivity index is 2.45. The summed E-state index contributed by atoms with van der Waals surface area (Å²) in [7, 11) is 0. The predicted octanol–water partition coefficient (Wildman–Crippen LogP) is 2.74. The highest BCUT2D eigenvalue weighted by atomic mass is 16.6. The summed E-state index contributed by atoms with van der Waals surface area (Å²) in [5.41, 5.74) is 1.19. The van der Waals surface area contributed by atoms with Gasteiger partial charge in [0.05, 0.1) is 10.6 Å². The number of benzene rings is 1. The minimum absolute atomic E-state index is 0.0181. The smallest absolute Gasteiger partial charge is 0.354 e. The standard InChI is InChI=1S/C13H13N3O4/c1-8(2)15-12(13(17)18)7-11(14-15)9-3-5-10(6-4-9)16(19)20/h3-8H,1-2H3,(H,17,18). The van der Waals surface area contributed by atoms with Crippen molar-refractivity contribution in [2.45, 2.75) is 19.9 Å². The molecule has 0 aliphatic heterocycles. The highest BCUT2D eigenvalue weighted by molar-refractivity contribution is 5.87. The molecule has 0 amide bonds. The first-order valence-electron chi connectivity index (χ1n) is 5.98. The lowest BCUT2D eigenvalue weighted by atomic mass is 10.1. The zero-order valence-electron chi connectivity index (χ0n) is 11.0. The quantitative estimate of drug-likeness (QED) is 0.683. The molecule has 1 aromatic heterocycles. The molecule has 7 heteroatoms. The Kier molecular flexibility index (Phi) is 3.51. The zero-order chi connectivity index (χ0) is 14.9. The summed E-state index contributed by atoms with van der Waals surface area (Å²) in [4.78, 5) is 21.3. The van der Waals surface area contributed by atoms with E-state index in [2.05, 4.69) is 5.10 Å². The van der Waals surface area contributed by atoms with Gasteiger partial charge in [0.1, 0.15) is 5.69 Å². The number of rotatable bonds is 4. The minimum atomic E-state index is -1.06. The van der Waals surface area contributed by atoms with E-state index in [1.54, 1.807) is 12.1 Å². The van der Waals surface area contributed by atoms with Crippen LogP contribution in [-0.4, -0.2) is 25.8 Å². The van der Waals surface area contributed by atoms with E-state index in [0.717, 1.165) is 0 Å². The van der Waals surface area contributed by atoms with Gasteiger partial charge in [-0.1, -0.05) is 0 Å². The van der Waals surface area contributed by atoms with Gasteiger partial charge < -0.3 is 5.11 Å². The van der Waals surface area contributed by atoms with Crippen molar-refractivity contribution in [1.29, 1.82) is 0 Å². The molecule has 2 rings (SSSR count). The van der Waals surface area contributed by atoms with Crippen molar-refractivity contribution in [3.63, 3.8) is 0 Å². The van der Waals surface area contributed by atoms with Crippen molar-refractivity contribution < 1.29 is 14.8 Å². The third kappa shape index (κ3) is 2.51. The molecule has 0 aliphatic rings. The van der Waals surface area contributed by atoms with Gasteiger partial charge in [-0.05, 0) is 32.0 Å². The van der Waals surface area contributed by atoms with Crippen molar-refractivity contribution in [3.05, 3.63) is 46.1 Å². The number of carboxylic acids is 1. The van der Waals surface area contributed by atoms with Gasteiger partial charge in [0.25, 0.3) is 5.69 Å². The summed E-state index contributed by atoms with van der Waals surface area (Å²) in [5, 5.41) is 24.0. The fourth-order valence-electron chi connectivity index (χ4n) is 1.84. The Morgan fingerprint density at radius 1 is 1.35 bits per heavy atom. The fraction of sp³-hybridized carbons (Fsp3) is 0.231. The van der Waals surface area contributed by atoms with E-state index < -0.39 is 10.9 Å². The average molecular weight is 275 g/mol. The number of hydrogen-bond donors (Lipinski definition) is 1. The van der Waals surface area contributed by atoms with Gasteiger partial charge in [-0.3, -0.25) is 14.8 Å². The number of carbonyl (C=O) groups is 1. The molecule has 0 fully saturated rings. The summed E-state index contributed by atoms with van der Waals surface area (Å²) in [5.74, 6) is -1.06. The molecule has 0 spiro atoms. The number of nitro groups is 1. The summed E-state index contributed by atoms with van der Waals surface area (Å²) in [6, 6.07) is 7.21. The summed E-state index contributed by atoms with van der Waals surface area (Å²) in [6.45, 7) is 3.66. The van der Waals surface area contributed by atoms with Crippen LogP contribution in [0.15, 0.2) is 30.3 Å². The van der Waals surface area contributed by atoms with E-state index in [1.807, 2.05) is 13.8 Å². The third-order valence-corrected chi connectivity index (χ3v) is 2.82. The average Bonchev–Trinajstić information content (AvgIpc) is 2.84. The molecule has 0 radical (unpaired) electrons. The van der Waals surface area contributed by atoms with Crippen molar-refractivity contribution in [3.8, 4) is 11.3 Å². The van der Waals surface area contributed by atoms with Gasteiger partial charge in [-0.15, -0.1) is 0 Å². The van der Waals surface area contributed by atoms with Crippen molar-refractivity contribution in [2.24, 2.45) is 0 Å². The first-order valence-corrected chi connectivity index (χ1v) is 5.98. The molecule has 0 bridgehead atoms. The molecule has 0 saturated carbocycles. The molecular formula is C13H13N3O4. The molecule has 20 heavy (non-hydrogen) atoms. The second-order valence-electron chi connectivity index (χ2n) is 4.56. The molecule has 7 nitrogen and oxygen atoms in total. The van der Waals surface area contributed by atoms with Gasteiger partial charge in [0.15, 0.2) is 0 Å². The van der Waals surface area contributed by atoms with Gasteiger partial charge in [-0.2, -0.15) is 5.10 Å². The summed E-state index contributed by atoms with van der Waals surface area (Å²) >= 11 is 0. The molecule has 0 unspecified atom stereocenters. The van der Waals surface area contributed by atoms with E-state index >= 15 is 0 Å². The number of aromatic carboxylic acids is 1. The summed E-state index contributed by atoms with van der Waals surface area (Å²) in [6.07, 6.45) is 0. The molecule has 104 valence electrons. The number of non-ortho nitro benzene ring substituents is 1. The van der Waals surface area contributed by atoms with Crippen LogP contribution in [0.3, 0.4) is 0 Å². The molecular weight excluding hydrogens is 262 g/mol. The Hall–Kier alpha value is -2.70. The molecule has 2 aromatic rings. The van der Waals surface area contributed by atoms with Gasteiger partial charge >= 0.3 is 5.97 Å². The van der Waals surface area contributed by atoms with Gasteiger partial charge in [-0.25, -0.2) is 4.79 Å². The van der Waals surface area contributed by atoms with E-state index in [0.29, 0.717) is 11.3 Å². The maximum atomic E-state index is 11.2. The number of aromatic nitrogens is 2. The first-order chi connectivity index (χ1) is 9.40. The zero-order valence-corrected chi connectivity index (χ0v) is 11.0. The SMILES string of the molecule is CC(C)n1nc(-c2ccc([N+](=O)[O-])cc2)cc1C(=O)O. The lowest BCUT2D eigenvalue weighted by Crippen LogP contribution is -2.11. The number of carboxylic acid groups (broad SMARTS) is 1. The number of hydrogen-bond acceptors (Lipinski definition) is 4. The predicted molar refractivity (Wildman–Crippen MR) is 71.7 cm³/mol. The highest BCUT2D eigenvalue weighted by Gasteiger charge is 2.17. The second kappa shape index (κ2) is 5.12. The van der Waals surface area contributed by atoms with Crippen LogP contribution in [0.1, 0.15) is 30.4 Å². The Morgan fingerprint density at radius 3 is 2.35 bits per heavy atom. The van der Waals surface area contributed by atoms with Crippen LogP contribution < -0.4 is 0 Å². The number of nitrogens with zero attached hydrogens (tertiary/aromatic N) is 3. The van der Waals surface area contributed by atoms with Crippen LogP contribution in [0.5, 0.6) is 0 Å². The molecule has 0 aliphatic carbocycles. The fourth-order valence-corrected chi connectivity index (χ4v) is 1.84. The Morgan fingerprint density at radius 2 is 1.95 bits per heavy atom. The van der Waals surface area contributed by atoms with Crippen molar-refractivity contribution in [2.75, 3.05) is 0 Å². The van der Waals surface area contributed by atoms with Gasteiger partial charge in [0.2, 0.25) is 0 Å². The maximum Gasteiger partial charge on any atom is 0.354 e. The molecule has 1 aromatic carbocycles. The second-order valence-corrected chi connectivity index (χ2v) is 4.56. The molecule has 0 saturated heterocycles. The summed E-state index contributed by atoms with van der Waals surface area (Å²) < 4.78 is 1.42. The van der Waals surface area contributed by atoms with E-state index in [4.69, 9.17) is 5.11 Å². The van der Waals surface area contributed by atoms with E-state index in [-0.39, 0.29) is 17.4 Å². The Bertz CT molecular complexity index is 659. The topological polar surface area (TPSA) is 98.3 Å². The molecule has 0 atom stereocenters. The monoisotopic (exact) mass is 275 g/mol. The Labute approximate surface area is 114 Å². The minimum Gasteiger partial charge on any atom is -0.477 e. The largest absolute Gasteiger partial charge is 0.477 e.